The van der Waals surface area contributed by atoms with E-state index in [2.05, 4.69) is 5.32 Å². The molecule has 3 N–H and O–H groups in total. The van der Waals surface area contributed by atoms with Crippen molar-refractivity contribution in [3.8, 4) is 0 Å². The van der Waals surface area contributed by atoms with Crippen LogP contribution in [0.4, 0.5) is 0 Å². The van der Waals surface area contributed by atoms with Crippen molar-refractivity contribution in [2.75, 3.05) is 6.54 Å². The van der Waals surface area contributed by atoms with Crippen LogP contribution in [0.5, 0.6) is 0 Å². The Morgan fingerprint density at radius 3 is 2.53 bits per heavy atom. The fourth-order valence-electron chi connectivity index (χ4n) is 1.83. The maximum Gasteiger partial charge on any atom is 0.277 e. The summed E-state index contributed by atoms with van der Waals surface area (Å²) in [5.41, 5.74) is 0. The molecule has 6 nitrogen and oxygen atoms in total. The molecule has 0 aromatic rings. The largest absolute Gasteiger partial charge is 0.352 e. The molecule has 2 rings (SSSR count). The first-order valence-corrected chi connectivity index (χ1v) is 6.59. The molecule has 0 radical (unpaired) electrons. The topological polar surface area (TPSA) is 92.5 Å². The van der Waals surface area contributed by atoms with Gasteiger partial charge in [0.25, 0.3) is 10.2 Å². The van der Waals surface area contributed by atoms with Crippen LogP contribution in [-0.4, -0.2) is 37.3 Å². The number of nitrogens with two attached hydrogens (primary N) is 1. The SMILES string of the molecule is NS(=O)(=O)N1CCCC1C(=O)NC1CC1. The highest BCUT2D eigenvalue weighted by molar-refractivity contribution is 7.86. The van der Waals surface area contributed by atoms with E-state index in [-0.39, 0.29) is 11.9 Å². The molecule has 0 spiro atoms. The lowest BCUT2D eigenvalue weighted by Crippen LogP contribution is -2.48. The Hall–Kier alpha value is -0.660. The van der Waals surface area contributed by atoms with E-state index in [1.54, 1.807) is 0 Å². The maximum atomic E-state index is 11.7. The standard InChI is InChI=1S/C8H15N3O3S/c9-15(13,14)11-5-1-2-7(11)8(12)10-6-3-4-6/h6-7H,1-5H2,(H,10,12)(H2,9,13,14). The molecule has 2 aliphatic rings. The lowest BCUT2D eigenvalue weighted by Gasteiger charge is -2.20. The molecule has 1 saturated heterocycles. The van der Waals surface area contributed by atoms with Crippen LogP contribution in [-0.2, 0) is 15.0 Å². The Labute approximate surface area is 89.0 Å². The van der Waals surface area contributed by atoms with Crippen LogP contribution in [0.3, 0.4) is 0 Å². The third-order valence-corrected chi connectivity index (χ3v) is 3.85. The Kier molecular flexibility index (Phi) is 2.70. The van der Waals surface area contributed by atoms with Crippen LogP contribution < -0.4 is 10.5 Å². The number of hydrogen-bond acceptors (Lipinski definition) is 3. The van der Waals surface area contributed by atoms with E-state index < -0.39 is 16.3 Å². The lowest BCUT2D eigenvalue weighted by molar-refractivity contribution is -0.124. The summed E-state index contributed by atoms with van der Waals surface area (Å²) in [5, 5.41) is 7.83. The molecular formula is C8H15N3O3S. The zero-order chi connectivity index (χ0) is 11.1. The molecule has 1 atom stereocenters. The first kappa shape index (κ1) is 10.8. The van der Waals surface area contributed by atoms with Gasteiger partial charge in [-0.2, -0.15) is 12.7 Å². The molecule has 15 heavy (non-hydrogen) atoms. The van der Waals surface area contributed by atoms with Gasteiger partial charge in [0.05, 0.1) is 0 Å². The molecule has 1 aliphatic carbocycles. The third kappa shape index (κ3) is 2.47. The Morgan fingerprint density at radius 1 is 1.33 bits per heavy atom. The van der Waals surface area contributed by atoms with Gasteiger partial charge in [-0.25, -0.2) is 5.14 Å². The van der Waals surface area contributed by atoms with Crippen molar-refractivity contribution < 1.29 is 13.2 Å². The van der Waals surface area contributed by atoms with Crippen molar-refractivity contribution in [1.82, 2.24) is 9.62 Å². The summed E-state index contributed by atoms with van der Waals surface area (Å²) < 4.78 is 23.4. The van der Waals surface area contributed by atoms with E-state index in [1.165, 1.54) is 0 Å². The van der Waals surface area contributed by atoms with Crippen molar-refractivity contribution in [1.29, 1.82) is 0 Å². The van der Waals surface area contributed by atoms with Crippen LogP contribution in [0.15, 0.2) is 0 Å². The average molecular weight is 233 g/mol. The number of nitrogens with zero attached hydrogens (tertiary/aromatic N) is 1. The lowest BCUT2D eigenvalue weighted by atomic mass is 10.2. The van der Waals surface area contributed by atoms with E-state index in [0.29, 0.717) is 19.4 Å². The third-order valence-electron chi connectivity index (χ3n) is 2.76. The van der Waals surface area contributed by atoms with Gasteiger partial charge in [-0.3, -0.25) is 4.79 Å². The van der Waals surface area contributed by atoms with Crippen molar-refractivity contribution in [3.63, 3.8) is 0 Å². The molecule has 1 saturated carbocycles. The molecule has 7 heteroatoms. The number of rotatable bonds is 3. The Balaban J connectivity index is 2.03. The smallest absolute Gasteiger partial charge is 0.277 e. The molecule has 2 fully saturated rings. The second kappa shape index (κ2) is 3.73. The highest BCUT2D eigenvalue weighted by Gasteiger charge is 2.38. The Morgan fingerprint density at radius 2 is 2.00 bits per heavy atom. The van der Waals surface area contributed by atoms with Gasteiger partial charge < -0.3 is 5.32 Å². The predicted molar refractivity (Wildman–Crippen MR) is 54.0 cm³/mol. The summed E-state index contributed by atoms with van der Waals surface area (Å²) in [7, 11) is -3.74. The second-order valence-electron chi connectivity index (χ2n) is 4.10. The first-order valence-electron chi connectivity index (χ1n) is 5.08. The Bertz CT molecular complexity index is 363. The number of amides is 1. The van der Waals surface area contributed by atoms with E-state index in [9.17, 15) is 13.2 Å². The van der Waals surface area contributed by atoms with Crippen LogP contribution in [0.25, 0.3) is 0 Å². The summed E-state index contributed by atoms with van der Waals surface area (Å²) in [4.78, 5) is 11.7. The predicted octanol–water partition coefficient (Wildman–Crippen LogP) is -1.07. The van der Waals surface area contributed by atoms with Crippen LogP contribution in [0, 0.1) is 0 Å². The molecule has 1 heterocycles. The van der Waals surface area contributed by atoms with Gasteiger partial charge in [0.15, 0.2) is 0 Å². The van der Waals surface area contributed by atoms with Gasteiger partial charge in [-0.1, -0.05) is 0 Å². The molecule has 0 aromatic carbocycles. The van der Waals surface area contributed by atoms with E-state index in [4.69, 9.17) is 5.14 Å². The fraction of sp³-hybridized carbons (Fsp3) is 0.875. The molecule has 1 amide bonds. The summed E-state index contributed by atoms with van der Waals surface area (Å²) in [5.74, 6) is -0.205. The van der Waals surface area contributed by atoms with Gasteiger partial charge in [-0.15, -0.1) is 0 Å². The quantitative estimate of drug-likeness (QED) is 0.650. The minimum absolute atomic E-state index is 0.205. The summed E-state index contributed by atoms with van der Waals surface area (Å²) in [6, 6.07) is -0.346. The molecule has 0 aromatic heterocycles. The molecule has 1 aliphatic heterocycles. The maximum absolute atomic E-state index is 11.7. The van der Waals surface area contributed by atoms with Crippen molar-refractivity contribution in [2.24, 2.45) is 5.14 Å². The molecule has 1 unspecified atom stereocenters. The first-order chi connectivity index (χ1) is 6.98. The van der Waals surface area contributed by atoms with Crippen LogP contribution >= 0.6 is 0 Å². The number of carbonyl (C=O) groups excluding carboxylic acids is 1. The average Bonchev–Trinajstić information content (AvgIpc) is 2.80. The molecular weight excluding hydrogens is 218 g/mol. The van der Waals surface area contributed by atoms with Crippen molar-refractivity contribution >= 4 is 16.1 Å². The van der Waals surface area contributed by atoms with E-state index in [0.717, 1.165) is 17.1 Å². The minimum atomic E-state index is -3.74. The highest BCUT2D eigenvalue weighted by atomic mass is 32.2. The van der Waals surface area contributed by atoms with Crippen LogP contribution in [0.1, 0.15) is 25.7 Å². The normalized spacial score (nSPS) is 27.9. The summed E-state index contributed by atoms with van der Waals surface area (Å²) in [6.07, 6.45) is 3.25. The van der Waals surface area contributed by atoms with Crippen molar-refractivity contribution in [2.45, 2.75) is 37.8 Å². The van der Waals surface area contributed by atoms with Gasteiger partial charge in [0.2, 0.25) is 5.91 Å². The number of nitrogens with one attached hydrogen (secondary N) is 1. The van der Waals surface area contributed by atoms with Crippen LogP contribution in [0.2, 0.25) is 0 Å². The van der Waals surface area contributed by atoms with Crippen molar-refractivity contribution in [3.05, 3.63) is 0 Å². The van der Waals surface area contributed by atoms with Gasteiger partial charge in [-0.05, 0) is 25.7 Å². The fourth-order valence-corrected chi connectivity index (χ4v) is 2.77. The highest BCUT2D eigenvalue weighted by Crippen LogP contribution is 2.23. The van der Waals surface area contributed by atoms with E-state index >= 15 is 0 Å². The van der Waals surface area contributed by atoms with Gasteiger partial charge in [0, 0.05) is 12.6 Å². The zero-order valence-electron chi connectivity index (χ0n) is 8.35. The van der Waals surface area contributed by atoms with E-state index in [1.807, 2.05) is 0 Å². The second-order valence-corrected chi connectivity index (χ2v) is 5.60. The molecule has 86 valence electrons. The molecule has 0 bridgehead atoms. The number of carbonyl (C=O) groups is 1. The zero-order valence-corrected chi connectivity index (χ0v) is 9.16. The monoisotopic (exact) mass is 233 g/mol. The van der Waals surface area contributed by atoms with Gasteiger partial charge >= 0.3 is 0 Å². The van der Waals surface area contributed by atoms with Gasteiger partial charge in [0.1, 0.15) is 6.04 Å². The number of hydrogen-bond donors (Lipinski definition) is 2. The summed E-state index contributed by atoms with van der Waals surface area (Å²) in [6.45, 7) is 0.349. The summed E-state index contributed by atoms with van der Waals surface area (Å²) >= 11 is 0. The minimum Gasteiger partial charge on any atom is -0.352 e.